The zero-order chi connectivity index (χ0) is 18.4. The maximum absolute atomic E-state index is 14.2. The fourth-order valence-electron chi connectivity index (χ4n) is 5.14. The first-order chi connectivity index (χ1) is 13.1. The molecule has 0 radical (unpaired) electrons. The number of anilines is 1. The largest absolute Gasteiger partial charge is 0.369 e. The van der Waals surface area contributed by atoms with Crippen molar-refractivity contribution in [2.75, 3.05) is 24.5 Å². The summed E-state index contributed by atoms with van der Waals surface area (Å²) in [6.45, 7) is 2.11. The van der Waals surface area contributed by atoms with Gasteiger partial charge in [-0.25, -0.2) is 4.39 Å². The minimum atomic E-state index is -0.288. The number of halogens is 1. The lowest BCUT2D eigenvalue weighted by Crippen LogP contribution is -2.42. The summed E-state index contributed by atoms with van der Waals surface area (Å²) in [4.78, 5) is 18.2. The summed E-state index contributed by atoms with van der Waals surface area (Å²) in [5.41, 5.74) is 1.46. The number of amides is 1. The van der Waals surface area contributed by atoms with Crippen LogP contribution >= 0.6 is 11.3 Å². The van der Waals surface area contributed by atoms with E-state index in [2.05, 4.69) is 15.2 Å². The second-order valence-corrected chi connectivity index (χ2v) is 8.63. The van der Waals surface area contributed by atoms with Crippen molar-refractivity contribution in [1.29, 1.82) is 0 Å². The number of ether oxygens (including phenoxy) is 1. The number of nitrogens with one attached hydrogen (secondary N) is 1. The molecule has 7 heteroatoms. The van der Waals surface area contributed by atoms with Gasteiger partial charge in [0.05, 0.1) is 30.0 Å². The third-order valence-electron chi connectivity index (χ3n) is 6.36. The van der Waals surface area contributed by atoms with E-state index in [1.807, 2.05) is 16.8 Å². The van der Waals surface area contributed by atoms with Crippen molar-refractivity contribution < 1.29 is 13.9 Å². The van der Waals surface area contributed by atoms with Crippen LogP contribution in [0.5, 0.6) is 0 Å². The average Bonchev–Trinajstić information content (AvgIpc) is 3.41. The molecule has 5 rings (SSSR count). The first-order valence-corrected chi connectivity index (χ1v) is 10.4. The molecule has 1 spiro atoms. The minimum Gasteiger partial charge on any atom is -0.369 e. The molecule has 0 aliphatic carbocycles. The standard InChI is InChI=1S/C20H22FN3O2S/c21-16-9-22-5-2-17(16)24-10-15-14(18-1-4-20(15,12-24)26-18)8-23-19(25)7-13-3-6-27-11-13/h2-3,5-6,9,11,14-15,18H,1,4,7-8,10,12H2,(H,23,25)/t14-,15+,18+,20+/m0/s1. The highest BCUT2D eigenvalue weighted by Gasteiger charge is 2.63. The molecule has 2 bridgehead atoms. The molecule has 3 fully saturated rings. The molecular formula is C20H22FN3O2S. The molecule has 3 aliphatic rings. The van der Waals surface area contributed by atoms with E-state index >= 15 is 0 Å². The van der Waals surface area contributed by atoms with E-state index < -0.39 is 0 Å². The summed E-state index contributed by atoms with van der Waals surface area (Å²) in [5, 5.41) is 7.10. The molecular weight excluding hydrogens is 365 g/mol. The van der Waals surface area contributed by atoms with E-state index in [-0.39, 0.29) is 23.4 Å². The van der Waals surface area contributed by atoms with Gasteiger partial charge >= 0.3 is 0 Å². The highest BCUT2D eigenvalue weighted by molar-refractivity contribution is 7.08. The molecule has 4 atom stereocenters. The number of carbonyl (C=O) groups excluding carboxylic acids is 1. The normalized spacial score (nSPS) is 31.3. The SMILES string of the molecule is O=C(Cc1ccsc1)NC[C@H]1[C@H]2CN(c3ccncc3F)C[C@]23CC[C@H]1O3. The van der Waals surface area contributed by atoms with Crippen molar-refractivity contribution in [3.05, 3.63) is 46.7 Å². The molecule has 27 heavy (non-hydrogen) atoms. The van der Waals surface area contributed by atoms with Crippen LogP contribution < -0.4 is 10.2 Å². The third-order valence-corrected chi connectivity index (χ3v) is 7.09. The molecule has 3 aliphatic heterocycles. The molecule has 142 valence electrons. The van der Waals surface area contributed by atoms with Gasteiger partial charge in [-0.3, -0.25) is 9.78 Å². The Kier molecular flexibility index (Phi) is 4.16. The smallest absolute Gasteiger partial charge is 0.224 e. The van der Waals surface area contributed by atoms with Crippen molar-refractivity contribution in [3.8, 4) is 0 Å². The van der Waals surface area contributed by atoms with Gasteiger partial charge < -0.3 is 15.0 Å². The van der Waals surface area contributed by atoms with Gasteiger partial charge in [-0.1, -0.05) is 0 Å². The van der Waals surface area contributed by atoms with E-state index in [0.29, 0.717) is 37.0 Å². The summed E-state index contributed by atoms with van der Waals surface area (Å²) in [6, 6.07) is 3.72. The Hall–Kier alpha value is -1.99. The number of carbonyl (C=O) groups is 1. The van der Waals surface area contributed by atoms with Crippen molar-refractivity contribution in [3.63, 3.8) is 0 Å². The Labute approximate surface area is 161 Å². The topological polar surface area (TPSA) is 54.5 Å². The molecule has 0 saturated carbocycles. The van der Waals surface area contributed by atoms with Crippen LogP contribution in [0.3, 0.4) is 0 Å². The summed E-state index contributed by atoms with van der Waals surface area (Å²) < 4.78 is 20.6. The van der Waals surface area contributed by atoms with Gasteiger partial charge in [0.25, 0.3) is 0 Å². The monoisotopic (exact) mass is 387 g/mol. The fraction of sp³-hybridized carbons (Fsp3) is 0.500. The van der Waals surface area contributed by atoms with Gasteiger partial charge in [0, 0.05) is 37.7 Å². The second kappa shape index (κ2) is 6.56. The van der Waals surface area contributed by atoms with Crippen LogP contribution in [-0.4, -0.2) is 42.2 Å². The lowest BCUT2D eigenvalue weighted by Gasteiger charge is -2.29. The first-order valence-electron chi connectivity index (χ1n) is 9.45. The predicted octanol–water partition coefficient (Wildman–Crippen LogP) is 2.62. The zero-order valence-electron chi connectivity index (χ0n) is 14.9. The Morgan fingerprint density at radius 1 is 1.48 bits per heavy atom. The Morgan fingerprint density at radius 2 is 2.41 bits per heavy atom. The molecule has 5 heterocycles. The maximum atomic E-state index is 14.2. The Bertz CT molecular complexity index is 846. The van der Waals surface area contributed by atoms with Gasteiger partial charge in [0.2, 0.25) is 5.91 Å². The van der Waals surface area contributed by atoms with Crippen LogP contribution in [0.15, 0.2) is 35.3 Å². The number of nitrogens with zero attached hydrogens (tertiary/aromatic N) is 2. The zero-order valence-corrected chi connectivity index (χ0v) is 15.8. The third kappa shape index (κ3) is 2.93. The summed E-state index contributed by atoms with van der Waals surface area (Å²) >= 11 is 1.61. The summed E-state index contributed by atoms with van der Waals surface area (Å²) in [5.74, 6) is 0.384. The average molecular weight is 387 g/mol. The van der Waals surface area contributed by atoms with Gasteiger partial charge in [-0.2, -0.15) is 11.3 Å². The molecule has 2 aromatic heterocycles. The van der Waals surface area contributed by atoms with Crippen molar-refractivity contribution in [1.82, 2.24) is 10.3 Å². The van der Waals surface area contributed by atoms with E-state index in [1.165, 1.54) is 6.20 Å². The van der Waals surface area contributed by atoms with Crippen LogP contribution in [-0.2, 0) is 16.0 Å². The fourth-order valence-corrected chi connectivity index (χ4v) is 5.81. The van der Waals surface area contributed by atoms with Crippen LogP contribution in [0.4, 0.5) is 10.1 Å². The van der Waals surface area contributed by atoms with Crippen molar-refractivity contribution in [2.45, 2.75) is 31.0 Å². The van der Waals surface area contributed by atoms with Crippen LogP contribution in [0.25, 0.3) is 0 Å². The lowest BCUT2D eigenvalue weighted by atomic mass is 9.73. The van der Waals surface area contributed by atoms with E-state index in [0.717, 1.165) is 24.9 Å². The maximum Gasteiger partial charge on any atom is 0.224 e. The molecule has 5 nitrogen and oxygen atoms in total. The second-order valence-electron chi connectivity index (χ2n) is 7.85. The van der Waals surface area contributed by atoms with Crippen molar-refractivity contribution in [2.24, 2.45) is 11.8 Å². The Morgan fingerprint density at radius 3 is 3.22 bits per heavy atom. The van der Waals surface area contributed by atoms with E-state index in [1.54, 1.807) is 23.6 Å². The molecule has 0 aromatic carbocycles. The Balaban J connectivity index is 1.27. The number of fused-ring (bicyclic) bond motifs is 1. The lowest BCUT2D eigenvalue weighted by molar-refractivity contribution is -0.120. The summed E-state index contributed by atoms with van der Waals surface area (Å²) in [7, 11) is 0. The quantitative estimate of drug-likeness (QED) is 0.857. The van der Waals surface area contributed by atoms with E-state index in [4.69, 9.17) is 4.74 Å². The number of thiophene rings is 1. The van der Waals surface area contributed by atoms with Crippen LogP contribution in [0.1, 0.15) is 18.4 Å². The highest BCUT2D eigenvalue weighted by Crippen LogP contribution is 2.55. The molecule has 1 amide bonds. The first kappa shape index (κ1) is 17.1. The predicted molar refractivity (Wildman–Crippen MR) is 101 cm³/mol. The summed E-state index contributed by atoms with van der Waals surface area (Å²) in [6.07, 6.45) is 5.57. The molecule has 2 aromatic rings. The molecule has 1 N–H and O–H groups in total. The number of hydrogen-bond acceptors (Lipinski definition) is 5. The number of pyridine rings is 1. The molecule has 0 unspecified atom stereocenters. The van der Waals surface area contributed by atoms with Crippen LogP contribution in [0.2, 0.25) is 0 Å². The van der Waals surface area contributed by atoms with Gasteiger partial charge in [0.15, 0.2) is 5.82 Å². The van der Waals surface area contributed by atoms with E-state index in [9.17, 15) is 9.18 Å². The number of rotatable bonds is 5. The van der Waals surface area contributed by atoms with Gasteiger partial charge in [-0.05, 0) is 41.3 Å². The number of hydrogen-bond donors (Lipinski definition) is 1. The highest BCUT2D eigenvalue weighted by atomic mass is 32.1. The molecule has 3 saturated heterocycles. The van der Waals surface area contributed by atoms with Crippen LogP contribution in [0, 0.1) is 17.7 Å². The van der Waals surface area contributed by atoms with Gasteiger partial charge in [-0.15, -0.1) is 0 Å². The minimum absolute atomic E-state index is 0.0558. The van der Waals surface area contributed by atoms with Gasteiger partial charge in [0.1, 0.15) is 0 Å². The van der Waals surface area contributed by atoms with Crippen molar-refractivity contribution >= 4 is 22.9 Å². The number of aromatic nitrogens is 1.